The molecule has 0 aromatic carbocycles. The highest BCUT2D eigenvalue weighted by atomic mass is 35.5. The Morgan fingerprint density at radius 3 is 3.09 bits per heavy atom. The summed E-state index contributed by atoms with van der Waals surface area (Å²) in [6.07, 6.45) is 4.08. The van der Waals surface area contributed by atoms with Gasteiger partial charge in [0.05, 0.1) is 0 Å². The van der Waals surface area contributed by atoms with Gasteiger partial charge in [0.25, 0.3) is 5.56 Å². The molecule has 0 radical (unpaired) electrons. The van der Waals surface area contributed by atoms with Gasteiger partial charge in [0.1, 0.15) is 0 Å². The lowest BCUT2D eigenvalue weighted by Crippen LogP contribution is -2.20. The Labute approximate surface area is 69.6 Å². The first-order valence-corrected chi connectivity index (χ1v) is 3.84. The number of hydrogen-bond donors (Lipinski definition) is 0. The third-order valence-electron chi connectivity index (χ3n) is 1.34. The van der Waals surface area contributed by atoms with Crippen molar-refractivity contribution in [2.75, 3.05) is 0 Å². The third kappa shape index (κ3) is 1.80. The molecule has 0 N–H and O–H groups in total. The highest BCUT2D eigenvalue weighted by Gasteiger charge is 1.98. The SMILES string of the molecule is CCCn1ccnc(Cl)c1=O. The fraction of sp³-hybridized carbons (Fsp3) is 0.429. The standard InChI is InChI=1S/C7H9ClN2O/c1-2-4-10-5-3-9-6(8)7(10)11/h3,5H,2,4H2,1H3. The van der Waals surface area contributed by atoms with E-state index in [1.807, 2.05) is 6.92 Å². The predicted molar refractivity (Wildman–Crippen MR) is 43.8 cm³/mol. The zero-order chi connectivity index (χ0) is 8.27. The molecule has 0 saturated carbocycles. The van der Waals surface area contributed by atoms with E-state index >= 15 is 0 Å². The lowest BCUT2D eigenvalue weighted by Gasteiger charge is -2.00. The van der Waals surface area contributed by atoms with E-state index in [0.717, 1.165) is 6.42 Å². The van der Waals surface area contributed by atoms with Gasteiger partial charge in [-0.05, 0) is 6.42 Å². The normalized spacial score (nSPS) is 10.0. The molecule has 0 unspecified atom stereocenters. The Bertz CT molecular complexity index is 295. The van der Waals surface area contributed by atoms with Crippen LogP contribution in [-0.2, 0) is 6.54 Å². The van der Waals surface area contributed by atoms with Crippen molar-refractivity contribution in [1.82, 2.24) is 9.55 Å². The first-order chi connectivity index (χ1) is 5.25. The molecule has 0 aliphatic carbocycles. The van der Waals surface area contributed by atoms with Crippen LogP contribution in [0.2, 0.25) is 5.15 Å². The molecule has 11 heavy (non-hydrogen) atoms. The smallest absolute Gasteiger partial charge is 0.288 e. The number of rotatable bonds is 2. The first-order valence-electron chi connectivity index (χ1n) is 3.46. The van der Waals surface area contributed by atoms with Crippen molar-refractivity contribution in [2.45, 2.75) is 19.9 Å². The average molecular weight is 173 g/mol. The van der Waals surface area contributed by atoms with E-state index in [1.165, 1.54) is 6.20 Å². The number of aromatic nitrogens is 2. The number of halogens is 1. The molecular weight excluding hydrogens is 164 g/mol. The molecular formula is C7H9ClN2O. The average Bonchev–Trinajstić information content (AvgIpc) is 1.99. The summed E-state index contributed by atoms with van der Waals surface area (Å²) in [6, 6.07) is 0. The predicted octanol–water partition coefficient (Wildman–Crippen LogP) is 1.31. The molecule has 3 nitrogen and oxygen atoms in total. The summed E-state index contributed by atoms with van der Waals surface area (Å²) < 4.78 is 1.55. The second-order valence-electron chi connectivity index (χ2n) is 2.22. The van der Waals surface area contributed by atoms with Gasteiger partial charge in [0.15, 0.2) is 5.15 Å². The fourth-order valence-corrected chi connectivity index (χ4v) is 1.00. The van der Waals surface area contributed by atoms with E-state index in [4.69, 9.17) is 11.6 Å². The first kappa shape index (κ1) is 8.27. The van der Waals surface area contributed by atoms with Gasteiger partial charge in [-0.1, -0.05) is 18.5 Å². The van der Waals surface area contributed by atoms with Crippen LogP contribution in [0.25, 0.3) is 0 Å². The Hall–Kier alpha value is -0.830. The number of aryl methyl sites for hydroxylation is 1. The van der Waals surface area contributed by atoms with Gasteiger partial charge < -0.3 is 4.57 Å². The van der Waals surface area contributed by atoms with Crippen molar-refractivity contribution >= 4 is 11.6 Å². The van der Waals surface area contributed by atoms with Crippen LogP contribution in [0, 0.1) is 0 Å². The van der Waals surface area contributed by atoms with Gasteiger partial charge in [0, 0.05) is 18.9 Å². The fourth-order valence-electron chi connectivity index (χ4n) is 0.838. The van der Waals surface area contributed by atoms with Gasteiger partial charge in [-0.3, -0.25) is 4.79 Å². The van der Waals surface area contributed by atoms with Gasteiger partial charge in [-0.2, -0.15) is 0 Å². The Balaban J connectivity index is 3.07. The van der Waals surface area contributed by atoms with Crippen molar-refractivity contribution in [2.24, 2.45) is 0 Å². The van der Waals surface area contributed by atoms with Crippen LogP contribution in [0.1, 0.15) is 13.3 Å². The maximum absolute atomic E-state index is 11.1. The number of hydrogen-bond acceptors (Lipinski definition) is 2. The summed E-state index contributed by atoms with van der Waals surface area (Å²) in [5, 5.41) is 0.0425. The molecule has 4 heteroatoms. The van der Waals surface area contributed by atoms with Gasteiger partial charge >= 0.3 is 0 Å². The molecule has 0 amide bonds. The van der Waals surface area contributed by atoms with Crippen LogP contribution in [0.5, 0.6) is 0 Å². The second kappa shape index (κ2) is 3.53. The zero-order valence-electron chi connectivity index (χ0n) is 6.25. The monoisotopic (exact) mass is 172 g/mol. The Kier molecular flexibility index (Phi) is 2.65. The molecule has 0 bridgehead atoms. The van der Waals surface area contributed by atoms with Crippen molar-refractivity contribution in [3.63, 3.8) is 0 Å². The third-order valence-corrected chi connectivity index (χ3v) is 1.60. The molecule has 0 aliphatic heterocycles. The van der Waals surface area contributed by atoms with Gasteiger partial charge in [-0.15, -0.1) is 0 Å². The Morgan fingerprint density at radius 1 is 1.73 bits per heavy atom. The molecule has 60 valence electrons. The molecule has 0 spiro atoms. The van der Waals surface area contributed by atoms with E-state index in [1.54, 1.807) is 10.8 Å². The molecule has 1 rings (SSSR count). The van der Waals surface area contributed by atoms with Crippen molar-refractivity contribution < 1.29 is 0 Å². The van der Waals surface area contributed by atoms with Crippen molar-refractivity contribution in [3.05, 3.63) is 27.9 Å². The van der Waals surface area contributed by atoms with Gasteiger partial charge in [0.2, 0.25) is 0 Å². The molecule has 1 aromatic heterocycles. The summed E-state index contributed by atoms with van der Waals surface area (Å²) in [5.74, 6) is 0. The minimum absolute atomic E-state index is 0.0425. The lowest BCUT2D eigenvalue weighted by molar-refractivity contribution is 0.648. The summed E-state index contributed by atoms with van der Waals surface area (Å²) in [5.41, 5.74) is -0.212. The van der Waals surface area contributed by atoms with Gasteiger partial charge in [-0.25, -0.2) is 4.98 Å². The summed E-state index contributed by atoms with van der Waals surface area (Å²) in [7, 11) is 0. The van der Waals surface area contributed by atoms with Crippen LogP contribution in [0.3, 0.4) is 0 Å². The van der Waals surface area contributed by atoms with Crippen LogP contribution in [-0.4, -0.2) is 9.55 Å². The highest BCUT2D eigenvalue weighted by molar-refractivity contribution is 6.29. The van der Waals surface area contributed by atoms with E-state index in [2.05, 4.69) is 4.98 Å². The molecule has 1 aromatic rings. The largest absolute Gasteiger partial charge is 0.311 e. The molecule has 0 fully saturated rings. The summed E-state index contributed by atoms with van der Waals surface area (Å²) in [6.45, 7) is 2.70. The van der Waals surface area contributed by atoms with Crippen LogP contribution in [0.4, 0.5) is 0 Å². The number of nitrogens with zero attached hydrogens (tertiary/aromatic N) is 2. The minimum atomic E-state index is -0.212. The van der Waals surface area contributed by atoms with E-state index in [-0.39, 0.29) is 10.7 Å². The lowest BCUT2D eigenvalue weighted by atomic mass is 10.5. The summed E-state index contributed by atoms with van der Waals surface area (Å²) >= 11 is 5.51. The van der Waals surface area contributed by atoms with Crippen LogP contribution in [0.15, 0.2) is 17.2 Å². The quantitative estimate of drug-likeness (QED) is 0.674. The molecule has 0 saturated heterocycles. The topological polar surface area (TPSA) is 34.9 Å². The molecule has 1 heterocycles. The van der Waals surface area contributed by atoms with Crippen LogP contribution >= 0.6 is 11.6 Å². The van der Waals surface area contributed by atoms with E-state index in [0.29, 0.717) is 6.54 Å². The summed E-state index contributed by atoms with van der Waals surface area (Å²) in [4.78, 5) is 14.8. The Morgan fingerprint density at radius 2 is 2.45 bits per heavy atom. The molecule has 0 atom stereocenters. The highest BCUT2D eigenvalue weighted by Crippen LogP contribution is 1.93. The van der Waals surface area contributed by atoms with E-state index in [9.17, 15) is 4.79 Å². The van der Waals surface area contributed by atoms with Crippen LogP contribution < -0.4 is 5.56 Å². The second-order valence-corrected chi connectivity index (χ2v) is 2.57. The van der Waals surface area contributed by atoms with E-state index < -0.39 is 0 Å². The maximum atomic E-state index is 11.1. The van der Waals surface area contributed by atoms with Crippen molar-refractivity contribution in [1.29, 1.82) is 0 Å². The maximum Gasteiger partial charge on any atom is 0.288 e. The molecule has 0 aliphatic rings. The minimum Gasteiger partial charge on any atom is -0.311 e. The zero-order valence-corrected chi connectivity index (χ0v) is 7.01. The van der Waals surface area contributed by atoms with Crippen molar-refractivity contribution in [3.8, 4) is 0 Å².